The molecule has 4 N–H and O–H groups in total. The van der Waals surface area contributed by atoms with Crippen LogP contribution in [0.1, 0.15) is 29.8 Å². The van der Waals surface area contributed by atoms with E-state index in [1.807, 2.05) is 12.1 Å². The number of carbonyl (C=O) groups excluding carboxylic acids is 2. The van der Waals surface area contributed by atoms with Crippen LogP contribution in [-0.4, -0.2) is 31.0 Å². The highest BCUT2D eigenvalue weighted by molar-refractivity contribution is 5.97. The second kappa shape index (κ2) is 9.70. The predicted octanol–water partition coefficient (Wildman–Crippen LogP) is 2.04. The first kappa shape index (κ1) is 19.6. The number of aryl methyl sites for hydroxylation is 1. The second-order valence-corrected chi connectivity index (χ2v) is 5.79. The molecule has 0 bridgehead atoms. The Morgan fingerprint density at radius 2 is 1.58 bits per heavy atom. The van der Waals surface area contributed by atoms with Crippen LogP contribution in [0, 0.1) is 0 Å². The number of nitrogens with two attached hydrogens (primary N) is 1. The summed E-state index contributed by atoms with van der Waals surface area (Å²) in [7, 11) is 0. The number of benzene rings is 2. The van der Waals surface area contributed by atoms with Crippen molar-refractivity contribution in [3.8, 4) is 11.1 Å². The molecule has 0 spiro atoms. The molecule has 138 valence electrons. The lowest BCUT2D eigenvalue weighted by molar-refractivity contribution is -0.134. The number of hydrogen-bond acceptors (Lipinski definition) is 4. The molecule has 0 aliphatic heterocycles. The van der Waals surface area contributed by atoms with Crippen LogP contribution in [0.5, 0.6) is 0 Å². The van der Waals surface area contributed by atoms with Crippen LogP contribution in [-0.2, 0) is 16.1 Å². The Kier molecular flexibility index (Phi) is 7.32. The molecule has 6 nitrogen and oxygen atoms in total. The van der Waals surface area contributed by atoms with Gasteiger partial charge >= 0.3 is 0 Å². The van der Waals surface area contributed by atoms with Gasteiger partial charge in [-0.3, -0.25) is 14.4 Å². The van der Waals surface area contributed by atoms with E-state index < -0.39 is 11.9 Å². The summed E-state index contributed by atoms with van der Waals surface area (Å²) in [4.78, 5) is 29.0. The predicted molar refractivity (Wildman–Crippen MR) is 101 cm³/mol. The monoisotopic (exact) mass is 355 g/mol. The lowest BCUT2D eigenvalue weighted by Gasteiger charge is -2.16. The van der Waals surface area contributed by atoms with E-state index >= 15 is 0 Å². The molecule has 2 rings (SSSR count). The van der Waals surface area contributed by atoms with Crippen LogP contribution >= 0.6 is 0 Å². The average Bonchev–Trinajstić information content (AvgIpc) is 2.70. The largest absolute Gasteiger partial charge is 0.339 e. The maximum absolute atomic E-state index is 12.3. The van der Waals surface area contributed by atoms with Crippen LogP contribution in [0.3, 0.4) is 0 Å². The molecule has 0 aromatic heterocycles. The van der Waals surface area contributed by atoms with Crippen molar-refractivity contribution in [2.45, 2.75) is 26.3 Å². The van der Waals surface area contributed by atoms with E-state index in [-0.39, 0.29) is 12.5 Å². The minimum Gasteiger partial charge on any atom is -0.339 e. The highest BCUT2D eigenvalue weighted by Crippen LogP contribution is 2.20. The summed E-state index contributed by atoms with van der Waals surface area (Å²) in [5.74, 6) is -0.838. The van der Waals surface area contributed by atoms with Crippen molar-refractivity contribution in [3.05, 3.63) is 59.7 Å². The fourth-order valence-electron chi connectivity index (χ4n) is 2.43. The summed E-state index contributed by atoms with van der Waals surface area (Å²) in [5.41, 5.74) is 11.7. The molecule has 2 aromatic carbocycles. The smallest absolute Gasteiger partial charge is 0.267 e. The van der Waals surface area contributed by atoms with Crippen molar-refractivity contribution in [1.29, 1.82) is 0 Å². The van der Waals surface area contributed by atoms with Gasteiger partial charge in [-0.15, -0.1) is 0 Å². The first-order valence-corrected chi connectivity index (χ1v) is 8.71. The summed E-state index contributed by atoms with van der Waals surface area (Å²) in [6.45, 7) is 4.17. The summed E-state index contributed by atoms with van der Waals surface area (Å²) in [6.07, 6.45) is 0.999. The fraction of sp³-hybridized carbons (Fsp3) is 0.300. The molecular formula is C20H25N3O3. The third-order valence-corrected chi connectivity index (χ3v) is 4.02. The first-order valence-electron chi connectivity index (χ1n) is 8.71. The molecule has 0 radical (unpaired) electrons. The van der Waals surface area contributed by atoms with E-state index in [1.54, 1.807) is 19.1 Å². The van der Waals surface area contributed by atoms with Crippen molar-refractivity contribution < 1.29 is 14.4 Å². The normalized spacial score (nSPS) is 11.7. The minimum atomic E-state index is -0.852. The summed E-state index contributed by atoms with van der Waals surface area (Å²) < 4.78 is 0. The molecule has 2 amide bonds. The zero-order valence-corrected chi connectivity index (χ0v) is 15.1. The molecule has 0 fully saturated rings. The molecule has 6 heteroatoms. The van der Waals surface area contributed by atoms with E-state index in [4.69, 9.17) is 10.6 Å². The van der Waals surface area contributed by atoms with Crippen molar-refractivity contribution in [2.24, 2.45) is 5.73 Å². The molecular weight excluding hydrogens is 330 g/mol. The van der Waals surface area contributed by atoms with Gasteiger partial charge in [0.05, 0.1) is 6.61 Å². The minimum absolute atomic E-state index is 0.0213. The van der Waals surface area contributed by atoms with Crippen LogP contribution in [0.15, 0.2) is 48.5 Å². The Morgan fingerprint density at radius 1 is 1.00 bits per heavy atom. The third kappa shape index (κ3) is 5.15. The van der Waals surface area contributed by atoms with Crippen LogP contribution < -0.4 is 16.5 Å². The van der Waals surface area contributed by atoms with Gasteiger partial charge in [0.15, 0.2) is 0 Å². The Bertz CT molecular complexity index is 727. The lowest BCUT2D eigenvalue weighted by atomic mass is 10.0. The van der Waals surface area contributed by atoms with Crippen LogP contribution in [0.25, 0.3) is 11.1 Å². The number of hydrogen-bond donors (Lipinski definition) is 3. The van der Waals surface area contributed by atoms with E-state index in [0.29, 0.717) is 12.2 Å². The highest BCUT2D eigenvalue weighted by Gasteiger charge is 2.20. The standard InChI is InChI=1S/C20H25N3O3/c1-3-14-5-7-15(8-6-14)16-9-11-17(12-10-16)19(24)22-18(13-21)20(25)23-26-4-2/h5-12,18H,3-4,13,21H2,1-2H3,(H,22,24)(H,23,25). The van der Waals surface area contributed by atoms with E-state index in [0.717, 1.165) is 17.5 Å². The number of nitrogens with one attached hydrogen (secondary N) is 2. The van der Waals surface area contributed by atoms with Gasteiger partial charge < -0.3 is 11.1 Å². The van der Waals surface area contributed by atoms with E-state index in [9.17, 15) is 9.59 Å². The first-order chi connectivity index (χ1) is 12.6. The van der Waals surface area contributed by atoms with Crippen molar-refractivity contribution in [1.82, 2.24) is 10.8 Å². The molecule has 0 aliphatic carbocycles. The van der Waals surface area contributed by atoms with Gasteiger partial charge in [-0.1, -0.05) is 43.3 Å². The van der Waals surface area contributed by atoms with Crippen molar-refractivity contribution >= 4 is 11.8 Å². The van der Waals surface area contributed by atoms with Crippen LogP contribution in [0.4, 0.5) is 0 Å². The van der Waals surface area contributed by atoms with Gasteiger partial charge in [0.2, 0.25) is 0 Å². The zero-order chi connectivity index (χ0) is 18.9. The Morgan fingerprint density at radius 3 is 2.08 bits per heavy atom. The zero-order valence-electron chi connectivity index (χ0n) is 15.1. The number of rotatable bonds is 8. The number of hydroxylamine groups is 1. The van der Waals surface area contributed by atoms with Crippen molar-refractivity contribution in [3.63, 3.8) is 0 Å². The molecule has 0 heterocycles. The van der Waals surface area contributed by atoms with Gasteiger partial charge in [-0.05, 0) is 42.2 Å². The molecule has 26 heavy (non-hydrogen) atoms. The maximum Gasteiger partial charge on any atom is 0.267 e. The van der Waals surface area contributed by atoms with Gasteiger partial charge in [-0.2, -0.15) is 0 Å². The number of amides is 2. The quantitative estimate of drug-likeness (QED) is 0.632. The topological polar surface area (TPSA) is 93.4 Å². The molecule has 0 aliphatic rings. The van der Waals surface area contributed by atoms with Gasteiger partial charge in [-0.25, -0.2) is 5.48 Å². The third-order valence-electron chi connectivity index (χ3n) is 4.02. The Labute approximate surface area is 153 Å². The Hall–Kier alpha value is -2.70. The van der Waals surface area contributed by atoms with Gasteiger partial charge in [0.25, 0.3) is 11.8 Å². The Balaban J connectivity index is 2.04. The maximum atomic E-state index is 12.3. The lowest BCUT2D eigenvalue weighted by Crippen LogP contribution is -2.50. The summed E-state index contributed by atoms with van der Waals surface area (Å²) in [6, 6.07) is 14.7. The highest BCUT2D eigenvalue weighted by atomic mass is 16.6. The van der Waals surface area contributed by atoms with Gasteiger partial charge in [0, 0.05) is 12.1 Å². The molecule has 0 saturated carbocycles. The molecule has 1 atom stereocenters. The van der Waals surface area contributed by atoms with E-state index in [1.165, 1.54) is 5.56 Å². The summed E-state index contributed by atoms with van der Waals surface area (Å²) >= 11 is 0. The van der Waals surface area contributed by atoms with Crippen LogP contribution in [0.2, 0.25) is 0 Å². The molecule has 0 saturated heterocycles. The average molecular weight is 355 g/mol. The second-order valence-electron chi connectivity index (χ2n) is 5.79. The van der Waals surface area contributed by atoms with E-state index in [2.05, 4.69) is 42.0 Å². The fourth-order valence-corrected chi connectivity index (χ4v) is 2.43. The SMILES string of the molecule is CCONC(=O)C(CN)NC(=O)c1ccc(-c2ccc(CC)cc2)cc1. The molecule has 1 unspecified atom stereocenters. The van der Waals surface area contributed by atoms with Crippen molar-refractivity contribution in [2.75, 3.05) is 13.2 Å². The summed E-state index contributed by atoms with van der Waals surface area (Å²) in [5, 5.41) is 2.61. The molecule has 2 aromatic rings. The van der Waals surface area contributed by atoms with Gasteiger partial charge in [0.1, 0.15) is 6.04 Å². The number of carbonyl (C=O) groups is 2.